The SMILES string of the molecule is O=C(Nc1ccc(Cl)cc1Cl)Nc1cnc2cc3c(cc2c1-c1ccccc1Cl)CCC3. The van der Waals surface area contributed by atoms with Crippen molar-refractivity contribution in [3.8, 4) is 11.1 Å². The number of carbonyl (C=O) groups is 1. The van der Waals surface area contributed by atoms with Gasteiger partial charge < -0.3 is 10.6 Å². The number of anilines is 2. The number of urea groups is 1. The molecule has 4 aromatic rings. The van der Waals surface area contributed by atoms with Gasteiger partial charge in [-0.15, -0.1) is 0 Å². The van der Waals surface area contributed by atoms with E-state index in [9.17, 15) is 4.79 Å². The highest BCUT2D eigenvalue weighted by molar-refractivity contribution is 6.37. The van der Waals surface area contributed by atoms with Gasteiger partial charge in [-0.05, 0) is 66.8 Å². The van der Waals surface area contributed by atoms with Crippen LogP contribution in [0.2, 0.25) is 15.1 Å². The number of carbonyl (C=O) groups excluding carboxylic acids is 1. The average molecular weight is 483 g/mol. The van der Waals surface area contributed by atoms with Crippen LogP contribution in [-0.4, -0.2) is 11.0 Å². The summed E-state index contributed by atoms with van der Waals surface area (Å²) in [5.74, 6) is 0. The van der Waals surface area contributed by atoms with E-state index >= 15 is 0 Å². The lowest BCUT2D eigenvalue weighted by molar-refractivity contribution is 0.262. The van der Waals surface area contributed by atoms with Crippen LogP contribution < -0.4 is 10.6 Å². The molecule has 2 N–H and O–H groups in total. The highest BCUT2D eigenvalue weighted by Crippen LogP contribution is 2.40. The molecule has 0 saturated carbocycles. The van der Waals surface area contributed by atoms with Crippen LogP contribution in [-0.2, 0) is 12.8 Å². The summed E-state index contributed by atoms with van der Waals surface area (Å²) in [5.41, 5.74) is 6.23. The molecule has 0 radical (unpaired) electrons. The fourth-order valence-corrected chi connectivity index (χ4v) is 4.86. The number of fused-ring (bicyclic) bond motifs is 2. The Labute approximate surface area is 200 Å². The fraction of sp³-hybridized carbons (Fsp3) is 0.120. The predicted octanol–water partition coefficient (Wildman–Crippen LogP) is 7.99. The molecule has 0 atom stereocenters. The molecule has 3 aromatic carbocycles. The summed E-state index contributed by atoms with van der Waals surface area (Å²) < 4.78 is 0. The van der Waals surface area contributed by atoms with Gasteiger partial charge in [-0.3, -0.25) is 4.98 Å². The molecule has 0 spiro atoms. The normalized spacial score (nSPS) is 12.6. The molecule has 7 heteroatoms. The zero-order chi connectivity index (χ0) is 22.2. The van der Waals surface area contributed by atoms with Crippen LogP contribution in [0.15, 0.2) is 60.8 Å². The standard InChI is InChI=1S/C25H18Cl3N3O/c26-16-8-9-21(20(28)12-16)30-25(32)31-23-13-29-22-11-15-5-3-4-14(15)10-18(22)24(23)17-6-1-2-7-19(17)27/h1-2,6-13H,3-5H2,(H2,30,31,32). The lowest BCUT2D eigenvalue weighted by Crippen LogP contribution is -2.20. The number of pyridine rings is 1. The molecule has 32 heavy (non-hydrogen) atoms. The molecule has 4 nitrogen and oxygen atoms in total. The minimum absolute atomic E-state index is 0.353. The van der Waals surface area contributed by atoms with Gasteiger partial charge in [0.2, 0.25) is 0 Å². The Morgan fingerprint density at radius 1 is 0.844 bits per heavy atom. The number of nitrogens with one attached hydrogen (secondary N) is 2. The summed E-state index contributed by atoms with van der Waals surface area (Å²) in [6.45, 7) is 0. The lowest BCUT2D eigenvalue weighted by Gasteiger charge is -2.17. The smallest absolute Gasteiger partial charge is 0.306 e. The van der Waals surface area contributed by atoms with Gasteiger partial charge in [-0.2, -0.15) is 0 Å². The summed E-state index contributed by atoms with van der Waals surface area (Å²) in [5, 5.41) is 8.10. The van der Waals surface area contributed by atoms with Gasteiger partial charge in [-0.1, -0.05) is 53.0 Å². The first kappa shape index (κ1) is 21.1. The Balaban J connectivity index is 1.59. The third-order valence-electron chi connectivity index (χ3n) is 5.65. The van der Waals surface area contributed by atoms with Crippen LogP contribution in [0.25, 0.3) is 22.0 Å². The Morgan fingerprint density at radius 2 is 1.59 bits per heavy atom. The van der Waals surface area contributed by atoms with E-state index in [1.165, 1.54) is 11.1 Å². The van der Waals surface area contributed by atoms with Gasteiger partial charge in [0.1, 0.15) is 0 Å². The molecule has 2 amide bonds. The Morgan fingerprint density at radius 3 is 2.38 bits per heavy atom. The molecular weight excluding hydrogens is 465 g/mol. The molecule has 0 fully saturated rings. The van der Waals surface area contributed by atoms with E-state index in [4.69, 9.17) is 34.8 Å². The highest BCUT2D eigenvalue weighted by atomic mass is 35.5. The van der Waals surface area contributed by atoms with Crippen LogP contribution in [0.1, 0.15) is 17.5 Å². The molecule has 160 valence electrons. The zero-order valence-corrected chi connectivity index (χ0v) is 19.2. The molecule has 1 aliphatic rings. The van der Waals surface area contributed by atoms with E-state index in [0.29, 0.717) is 26.4 Å². The number of aryl methyl sites for hydroxylation is 2. The maximum absolute atomic E-state index is 12.8. The number of amides is 2. The first-order valence-corrected chi connectivity index (χ1v) is 11.4. The van der Waals surface area contributed by atoms with Crippen molar-refractivity contribution >= 4 is 63.1 Å². The largest absolute Gasteiger partial charge is 0.323 e. The van der Waals surface area contributed by atoms with Gasteiger partial charge in [-0.25, -0.2) is 4.79 Å². The van der Waals surface area contributed by atoms with Crippen LogP contribution in [0.5, 0.6) is 0 Å². The van der Waals surface area contributed by atoms with Crippen molar-refractivity contribution in [2.75, 3.05) is 10.6 Å². The van der Waals surface area contributed by atoms with Crippen molar-refractivity contribution in [2.24, 2.45) is 0 Å². The summed E-state index contributed by atoms with van der Waals surface area (Å²) in [7, 11) is 0. The predicted molar refractivity (Wildman–Crippen MR) is 133 cm³/mol. The van der Waals surface area contributed by atoms with Gasteiger partial charge in [0.15, 0.2) is 0 Å². The van der Waals surface area contributed by atoms with E-state index < -0.39 is 6.03 Å². The summed E-state index contributed by atoms with van der Waals surface area (Å²) >= 11 is 18.7. The zero-order valence-electron chi connectivity index (χ0n) is 16.9. The molecule has 5 rings (SSSR count). The van der Waals surface area contributed by atoms with Gasteiger partial charge >= 0.3 is 6.03 Å². The first-order valence-electron chi connectivity index (χ1n) is 10.2. The minimum Gasteiger partial charge on any atom is -0.306 e. The summed E-state index contributed by atoms with van der Waals surface area (Å²) in [4.78, 5) is 17.5. The molecule has 0 unspecified atom stereocenters. The number of nitrogens with zero attached hydrogens (tertiary/aromatic N) is 1. The Bertz CT molecular complexity index is 1370. The lowest BCUT2D eigenvalue weighted by atomic mass is 9.96. The second kappa shape index (κ2) is 8.62. The summed E-state index contributed by atoms with van der Waals surface area (Å²) in [6, 6.07) is 16.4. The quantitative estimate of drug-likeness (QED) is 0.311. The van der Waals surface area contributed by atoms with E-state index in [1.54, 1.807) is 24.4 Å². The monoisotopic (exact) mass is 481 g/mol. The van der Waals surface area contributed by atoms with Crippen molar-refractivity contribution < 1.29 is 4.79 Å². The van der Waals surface area contributed by atoms with Crippen molar-refractivity contribution in [1.29, 1.82) is 0 Å². The van der Waals surface area contributed by atoms with Crippen LogP contribution >= 0.6 is 34.8 Å². The van der Waals surface area contributed by atoms with Crippen molar-refractivity contribution in [2.45, 2.75) is 19.3 Å². The Hall–Kier alpha value is -2.79. The highest BCUT2D eigenvalue weighted by Gasteiger charge is 2.19. The van der Waals surface area contributed by atoms with Crippen molar-refractivity contribution in [3.63, 3.8) is 0 Å². The first-order chi connectivity index (χ1) is 15.5. The van der Waals surface area contributed by atoms with Gasteiger partial charge in [0.25, 0.3) is 0 Å². The van der Waals surface area contributed by atoms with Crippen LogP contribution in [0.3, 0.4) is 0 Å². The maximum Gasteiger partial charge on any atom is 0.323 e. The molecule has 1 aliphatic carbocycles. The van der Waals surface area contributed by atoms with E-state index in [-0.39, 0.29) is 0 Å². The topological polar surface area (TPSA) is 54.0 Å². The van der Waals surface area contributed by atoms with Gasteiger partial charge in [0, 0.05) is 26.6 Å². The number of rotatable bonds is 3. The molecule has 1 aromatic heterocycles. The van der Waals surface area contributed by atoms with E-state index in [2.05, 4.69) is 27.8 Å². The third kappa shape index (κ3) is 4.02. The van der Waals surface area contributed by atoms with Crippen LogP contribution in [0.4, 0.5) is 16.2 Å². The molecule has 0 bridgehead atoms. The number of aromatic nitrogens is 1. The minimum atomic E-state index is -0.440. The van der Waals surface area contributed by atoms with E-state index in [1.807, 2.05) is 24.3 Å². The van der Waals surface area contributed by atoms with E-state index in [0.717, 1.165) is 41.3 Å². The molecular formula is C25H18Cl3N3O. The number of benzene rings is 3. The third-order valence-corrected chi connectivity index (χ3v) is 6.53. The summed E-state index contributed by atoms with van der Waals surface area (Å²) in [6.07, 6.45) is 4.92. The van der Waals surface area contributed by atoms with Gasteiger partial charge in [0.05, 0.1) is 28.1 Å². The van der Waals surface area contributed by atoms with Crippen LogP contribution in [0, 0.1) is 0 Å². The molecule has 0 saturated heterocycles. The average Bonchev–Trinajstić information content (AvgIpc) is 3.22. The second-order valence-corrected chi connectivity index (χ2v) is 8.97. The van der Waals surface area contributed by atoms with Crippen molar-refractivity contribution in [1.82, 2.24) is 4.98 Å². The number of hydrogen-bond acceptors (Lipinski definition) is 2. The second-order valence-electron chi connectivity index (χ2n) is 7.72. The maximum atomic E-state index is 12.8. The molecule has 0 aliphatic heterocycles. The number of halogens is 3. The Kier molecular flexibility index (Phi) is 5.68. The number of hydrogen-bond donors (Lipinski definition) is 2. The molecule has 1 heterocycles. The fourth-order valence-electron chi connectivity index (χ4n) is 4.18. The van der Waals surface area contributed by atoms with Crippen molar-refractivity contribution in [3.05, 3.63) is 87.0 Å².